The number of hydrogen-bond acceptors (Lipinski definition) is 4. The van der Waals surface area contributed by atoms with E-state index in [2.05, 4.69) is 20.3 Å². The van der Waals surface area contributed by atoms with Crippen LogP contribution in [0.4, 0.5) is 17.6 Å². The molecule has 2 aromatic heterocycles. The molecule has 0 atom stereocenters. The van der Waals surface area contributed by atoms with Gasteiger partial charge in [-0.05, 0) is 54.8 Å². The Balaban J connectivity index is 1.72. The molecule has 4 rings (SSSR count). The largest absolute Gasteiger partial charge is 0.416 e. The second-order valence-electron chi connectivity index (χ2n) is 7.06. The van der Waals surface area contributed by atoms with E-state index >= 15 is 0 Å². The van der Waals surface area contributed by atoms with E-state index in [1.165, 1.54) is 6.33 Å². The molecule has 1 aliphatic heterocycles. The van der Waals surface area contributed by atoms with Crippen molar-refractivity contribution in [2.24, 2.45) is 0 Å². The lowest BCUT2D eigenvalue weighted by molar-refractivity contribution is -0.137. The Labute approximate surface area is 169 Å². The van der Waals surface area contributed by atoms with E-state index in [-0.39, 0.29) is 17.9 Å². The molecule has 0 saturated carbocycles. The summed E-state index contributed by atoms with van der Waals surface area (Å²) >= 11 is 0. The van der Waals surface area contributed by atoms with E-state index in [0.29, 0.717) is 47.4 Å². The van der Waals surface area contributed by atoms with Gasteiger partial charge in [-0.2, -0.15) is 13.2 Å². The summed E-state index contributed by atoms with van der Waals surface area (Å²) in [6.07, 6.45) is -2.78. The van der Waals surface area contributed by atoms with E-state index in [4.69, 9.17) is 0 Å². The first-order chi connectivity index (χ1) is 14.2. The van der Waals surface area contributed by atoms with Crippen molar-refractivity contribution < 1.29 is 22.4 Å². The number of alkyl halides is 3. The highest BCUT2D eigenvalue weighted by Crippen LogP contribution is 2.31. The first-order valence-corrected chi connectivity index (χ1v) is 9.17. The number of aromatic nitrogens is 3. The Morgan fingerprint density at radius 2 is 1.90 bits per heavy atom. The molecule has 154 valence electrons. The Hall–Kier alpha value is -3.36. The van der Waals surface area contributed by atoms with Crippen LogP contribution in [-0.2, 0) is 19.0 Å². The lowest BCUT2D eigenvalue weighted by Gasteiger charge is -2.19. The summed E-state index contributed by atoms with van der Waals surface area (Å²) < 4.78 is 52.6. The molecule has 1 N–H and O–H groups in total. The molecular weight excluding hydrogens is 400 g/mol. The second-order valence-corrected chi connectivity index (χ2v) is 7.06. The minimum atomic E-state index is -4.64. The van der Waals surface area contributed by atoms with Crippen molar-refractivity contribution in [3.05, 3.63) is 76.1 Å². The number of amides is 1. The minimum Gasteiger partial charge on any atom is -0.352 e. The van der Waals surface area contributed by atoms with Crippen LogP contribution in [0.5, 0.6) is 0 Å². The quantitative estimate of drug-likeness (QED) is 0.658. The maximum absolute atomic E-state index is 13.7. The second kappa shape index (κ2) is 7.47. The normalized spacial score (nSPS) is 13.7. The number of nitrogens with zero attached hydrogens (tertiary/aromatic N) is 3. The Morgan fingerprint density at radius 1 is 1.10 bits per heavy atom. The molecule has 1 aromatic carbocycles. The van der Waals surface area contributed by atoms with E-state index in [9.17, 15) is 22.4 Å². The Bertz CT molecular complexity index is 1140. The van der Waals surface area contributed by atoms with Crippen LogP contribution in [0, 0.1) is 12.7 Å². The highest BCUT2D eigenvalue weighted by molar-refractivity contribution is 5.98. The van der Waals surface area contributed by atoms with Crippen molar-refractivity contribution in [1.82, 2.24) is 20.3 Å². The molecule has 0 aliphatic carbocycles. The van der Waals surface area contributed by atoms with Crippen LogP contribution < -0.4 is 5.32 Å². The van der Waals surface area contributed by atoms with Gasteiger partial charge in [0.05, 0.1) is 17.0 Å². The fourth-order valence-electron chi connectivity index (χ4n) is 3.51. The molecular formula is C21H16F4N4O. The number of aryl methyl sites for hydroxylation is 1. The number of fused-ring (bicyclic) bond motifs is 1. The molecule has 1 amide bonds. The van der Waals surface area contributed by atoms with Crippen molar-refractivity contribution in [3.8, 4) is 11.4 Å². The lowest BCUT2D eigenvalue weighted by atomic mass is 9.96. The Morgan fingerprint density at radius 3 is 2.67 bits per heavy atom. The molecule has 0 saturated heterocycles. The van der Waals surface area contributed by atoms with E-state index in [1.54, 1.807) is 19.1 Å². The van der Waals surface area contributed by atoms with Crippen LogP contribution in [0.1, 0.15) is 38.4 Å². The third-order valence-corrected chi connectivity index (χ3v) is 4.79. The number of pyridine rings is 1. The van der Waals surface area contributed by atoms with Gasteiger partial charge >= 0.3 is 6.18 Å². The molecule has 9 heteroatoms. The van der Waals surface area contributed by atoms with Gasteiger partial charge in [-0.25, -0.2) is 14.4 Å². The highest BCUT2D eigenvalue weighted by atomic mass is 19.4. The number of nitrogens with one attached hydrogen (secondary N) is 1. The first kappa shape index (κ1) is 19.9. The zero-order valence-electron chi connectivity index (χ0n) is 15.8. The average Bonchev–Trinajstić information content (AvgIpc) is 2.67. The molecule has 0 bridgehead atoms. The topological polar surface area (TPSA) is 67.8 Å². The summed E-state index contributed by atoms with van der Waals surface area (Å²) in [6, 6.07) is 5.73. The lowest BCUT2D eigenvalue weighted by Crippen LogP contribution is -2.32. The van der Waals surface area contributed by atoms with Crippen LogP contribution in [0.25, 0.3) is 11.4 Å². The van der Waals surface area contributed by atoms with Gasteiger partial charge in [-0.3, -0.25) is 9.78 Å². The van der Waals surface area contributed by atoms with Crippen LogP contribution in [0.2, 0.25) is 0 Å². The number of benzene rings is 1. The predicted octanol–water partition coefficient (Wildman–Crippen LogP) is 3.88. The van der Waals surface area contributed by atoms with Gasteiger partial charge in [0.1, 0.15) is 12.1 Å². The van der Waals surface area contributed by atoms with Crippen LogP contribution >= 0.6 is 0 Å². The number of halogens is 4. The van der Waals surface area contributed by atoms with Crippen LogP contribution in [0.15, 0.2) is 36.7 Å². The van der Waals surface area contributed by atoms with Crippen molar-refractivity contribution >= 4 is 5.91 Å². The summed E-state index contributed by atoms with van der Waals surface area (Å²) in [7, 11) is 0. The molecule has 0 fully saturated rings. The van der Waals surface area contributed by atoms with Crippen LogP contribution in [0.3, 0.4) is 0 Å². The van der Waals surface area contributed by atoms with Gasteiger partial charge in [0.2, 0.25) is 0 Å². The van der Waals surface area contributed by atoms with E-state index in [1.807, 2.05) is 0 Å². The summed E-state index contributed by atoms with van der Waals surface area (Å²) in [5, 5.41) is 2.78. The van der Waals surface area contributed by atoms with E-state index in [0.717, 1.165) is 17.7 Å². The summed E-state index contributed by atoms with van der Waals surface area (Å²) in [4.78, 5) is 25.0. The highest BCUT2D eigenvalue weighted by Gasteiger charge is 2.31. The predicted molar refractivity (Wildman–Crippen MR) is 100 cm³/mol. The van der Waals surface area contributed by atoms with Gasteiger partial charge in [0, 0.05) is 29.9 Å². The third-order valence-electron chi connectivity index (χ3n) is 4.79. The Kier molecular flexibility index (Phi) is 4.97. The van der Waals surface area contributed by atoms with Gasteiger partial charge in [0.25, 0.3) is 5.91 Å². The smallest absolute Gasteiger partial charge is 0.352 e. The maximum Gasteiger partial charge on any atom is 0.416 e. The molecule has 3 heterocycles. The number of rotatable bonds is 3. The zero-order valence-corrected chi connectivity index (χ0v) is 15.8. The summed E-state index contributed by atoms with van der Waals surface area (Å²) in [5.74, 6) is -1.15. The first-order valence-electron chi connectivity index (χ1n) is 9.17. The molecule has 0 radical (unpaired) electrons. The standard InChI is InChI=1S/C21H16F4N4O/c1-11-4-17-16(2-3-26-20(17)30)19(29-11)18-9-15(27-10-28-18)7-12-5-13(21(23,24)25)8-14(22)6-12/h4-6,8-10H,2-3,7H2,1H3,(H,26,30). The number of hydrogen-bond donors (Lipinski definition) is 1. The van der Waals surface area contributed by atoms with Crippen LogP contribution in [-0.4, -0.2) is 27.4 Å². The van der Waals surface area contributed by atoms with Crippen molar-refractivity contribution in [1.29, 1.82) is 0 Å². The number of carbonyl (C=O) groups excluding carboxylic acids is 1. The van der Waals surface area contributed by atoms with Gasteiger partial charge < -0.3 is 5.32 Å². The minimum absolute atomic E-state index is 0.00908. The molecule has 0 spiro atoms. The molecule has 5 nitrogen and oxygen atoms in total. The SMILES string of the molecule is Cc1cc2c(c(-c3cc(Cc4cc(F)cc(C(F)(F)F)c4)ncn3)n1)CCNC2=O. The zero-order chi connectivity index (χ0) is 21.5. The molecule has 30 heavy (non-hydrogen) atoms. The van der Waals surface area contributed by atoms with E-state index < -0.39 is 17.6 Å². The van der Waals surface area contributed by atoms with Crippen molar-refractivity contribution in [2.45, 2.75) is 25.9 Å². The number of carbonyl (C=O) groups is 1. The fourth-order valence-corrected chi connectivity index (χ4v) is 3.51. The molecule has 0 unspecified atom stereocenters. The molecule has 3 aromatic rings. The summed E-state index contributed by atoms with van der Waals surface area (Å²) in [5.41, 5.74) is 2.44. The van der Waals surface area contributed by atoms with Gasteiger partial charge in [-0.1, -0.05) is 0 Å². The van der Waals surface area contributed by atoms with Gasteiger partial charge in [0.15, 0.2) is 0 Å². The maximum atomic E-state index is 13.7. The summed E-state index contributed by atoms with van der Waals surface area (Å²) in [6.45, 7) is 2.24. The fraction of sp³-hybridized carbons (Fsp3) is 0.238. The monoisotopic (exact) mass is 416 g/mol. The third kappa shape index (κ3) is 4.00. The van der Waals surface area contributed by atoms with Crippen molar-refractivity contribution in [3.63, 3.8) is 0 Å². The molecule has 1 aliphatic rings. The average molecular weight is 416 g/mol. The van der Waals surface area contributed by atoms with Crippen molar-refractivity contribution in [2.75, 3.05) is 6.54 Å². The van der Waals surface area contributed by atoms with Gasteiger partial charge in [-0.15, -0.1) is 0 Å².